The summed E-state index contributed by atoms with van der Waals surface area (Å²) in [6.45, 7) is 10.3. The van der Waals surface area contributed by atoms with Crippen LogP contribution in [0, 0.1) is 20.8 Å². The van der Waals surface area contributed by atoms with Crippen molar-refractivity contribution in [2.75, 3.05) is 0 Å². The van der Waals surface area contributed by atoms with Gasteiger partial charge < -0.3 is 10.1 Å². The van der Waals surface area contributed by atoms with Crippen LogP contribution in [0.1, 0.15) is 55.0 Å². The Labute approximate surface area is 151 Å². The molecule has 1 N–H and O–H groups in total. The van der Waals surface area contributed by atoms with Gasteiger partial charge in [-0.3, -0.25) is 4.79 Å². The van der Waals surface area contributed by atoms with Crippen LogP contribution in [0.5, 0.6) is 5.75 Å². The standard InChI is InChI=1S/C22H29NO2/c1-6-20(19-12-11-16(4)13-17(19)5)23-22(24)21(7-2)25-18-10-8-9-15(3)14-18/h8-14,20-21H,6-7H2,1-5H3,(H,23,24)/t20-,21+/m0/s1. The molecule has 2 aromatic rings. The largest absolute Gasteiger partial charge is 0.481 e. The summed E-state index contributed by atoms with van der Waals surface area (Å²) in [6, 6.07) is 14.2. The molecule has 0 aliphatic carbocycles. The van der Waals surface area contributed by atoms with E-state index in [-0.39, 0.29) is 11.9 Å². The van der Waals surface area contributed by atoms with Crippen molar-refractivity contribution in [3.05, 3.63) is 64.7 Å². The predicted octanol–water partition coefficient (Wildman–Crippen LogP) is 5.04. The molecule has 0 aliphatic rings. The van der Waals surface area contributed by atoms with Crippen LogP contribution in [0.15, 0.2) is 42.5 Å². The predicted molar refractivity (Wildman–Crippen MR) is 103 cm³/mol. The van der Waals surface area contributed by atoms with Gasteiger partial charge in [0, 0.05) is 0 Å². The number of carbonyl (C=O) groups is 1. The lowest BCUT2D eigenvalue weighted by atomic mass is 9.97. The molecule has 2 atom stereocenters. The second-order valence-corrected chi connectivity index (χ2v) is 6.66. The van der Waals surface area contributed by atoms with Crippen molar-refractivity contribution in [1.82, 2.24) is 5.32 Å². The quantitative estimate of drug-likeness (QED) is 0.768. The Hall–Kier alpha value is -2.29. The fourth-order valence-corrected chi connectivity index (χ4v) is 3.06. The van der Waals surface area contributed by atoms with E-state index in [1.807, 2.05) is 38.1 Å². The van der Waals surface area contributed by atoms with Crippen LogP contribution in [0.3, 0.4) is 0 Å². The average Bonchev–Trinajstić information content (AvgIpc) is 2.58. The molecular formula is C22H29NO2. The molecule has 0 radical (unpaired) electrons. The molecule has 0 bridgehead atoms. The van der Waals surface area contributed by atoms with Gasteiger partial charge in [0.2, 0.25) is 0 Å². The number of carbonyl (C=O) groups excluding carboxylic acids is 1. The zero-order valence-corrected chi connectivity index (χ0v) is 15.9. The van der Waals surface area contributed by atoms with Crippen molar-refractivity contribution < 1.29 is 9.53 Å². The minimum atomic E-state index is -0.485. The first-order chi connectivity index (χ1) is 11.9. The third-order valence-corrected chi connectivity index (χ3v) is 4.46. The van der Waals surface area contributed by atoms with E-state index in [0.29, 0.717) is 6.42 Å². The number of hydrogen-bond donors (Lipinski definition) is 1. The molecule has 25 heavy (non-hydrogen) atoms. The molecule has 1 amide bonds. The van der Waals surface area contributed by atoms with Crippen LogP contribution in [0.25, 0.3) is 0 Å². The normalized spacial score (nSPS) is 13.2. The van der Waals surface area contributed by atoms with Crippen LogP contribution in [-0.2, 0) is 4.79 Å². The van der Waals surface area contributed by atoms with Gasteiger partial charge in [-0.25, -0.2) is 0 Å². The van der Waals surface area contributed by atoms with Crippen LogP contribution in [-0.4, -0.2) is 12.0 Å². The van der Waals surface area contributed by atoms with E-state index in [4.69, 9.17) is 4.74 Å². The highest BCUT2D eigenvalue weighted by Crippen LogP contribution is 2.22. The van der Waals surface area contributed by atoms with Gasteiger partial charge >= 0.3 is 0 Å². The maximum atomic E-state index is 12.7. The summed E-state index contributed by atoms with van der Waals surface area (Å²) >= 11 is 0. The molecule has 134 valence electrons. The Bertz CT molecular complexity index is 724. The second kappa shape index (κ2) is 8.70. The summed E-state index contributed by atoms with van der Waals surface area (Å²) in [5.74, 6) is 0.678. The SMILES string of the molecule is CC[C@H](NC(=O)[C@@H](CC)Oc1cccc(C)c1)c1ccc(C)cc1C. The fraction of sp³-hybridized carbons (Fsp3) is 0.409. The summed E-state index contributed by atoms with van der Waals surface area (Å²) in [5.41, 5.74) is 4.73. The summed E-state index contributed by atoms with van der Waals surface area (Å²) < 4.78 is 5.92. The molecule has 0 saturated heterocycles. The van der Waals surface area contributed by atoms with E-state index < -0.39 is 6.10 Å². The Morgan fingerprint density at radius 3 is 2.32 bits per heavy atom. The van der Waals surface area contributed by atoms with Crippen molar-refractivity contribution in [1.29, 1.82) is 0 Å². The van der Waals surface area contributed by atoms with Gasteiger partial charge in [-0.2, -0.15) is 0 Å². The Balaban J connectivity index is 2.11. The fourth-order valence-electron chi connectivity index (χ4n) is 3.06. The third-order valence-electron chi connectivity index (χ3n) is 4.46. The van der Waals surface area contributed by atoms with Gasteiger partial charge in [0.15, 0.2) is 6.10 Å². The summed E-state index contributed by atoms with van der Waals surface area (Å²) in [5, 5.41) is 3.17. The Morgan fingerprint density at radius 1 is 1.00 bits per heavy atom. The number of ether oxygens (including phenoxy) is 1. The van der Waals surface area contributed by atoms with E-state index in [1.54, 1.807) is 0 Å². The molecular weight excluding hydrogens is 310 g/mol. The maximum Gasteiger partial charge on any atom is 0.261 e. The number of rotatable bonds is 7. The van der Waals surface area contributed by atoms with Crippen molar-refractivity contribution in [3.63, 3.8) is 0 Å². The molecule has 0 aliphatic heterocycles. The highest BCUT2D eigenvalue weighted by molar-refractivity contribution is 5.81. The number of amides is 1. The molecule has 2 aromatic carbocycles. The zero-order chi connectivity index (χ0) is 18.4. The minimum absolute atomic E-state index is 0.00302. The Morgan fingerprint density at radius 2 is 1.72 bits per heavy atom. The van der Waals surface area contributed by atoms with Crippen LogP contribution >= 0.6 is 0 Å². The van der Waals surface area contributed by atoms with E-state index >= 15 is 0 Å². The zero-order valence-electron chi connectivity index (χ0n) is 15.9. The lowest BCUT2D eigenvalue weighted by Gasteiger charge is -2.24. The van der Waals surface area contributed by atoms with E-state index in [9.17, 15) is 4.79 Å². The van der Waals surface area contributed by atoms with Crippen LogP contribution in [0.2, 0.25) is 0 Å². The number of nitrogens with one attached hydrogen (secondary N) is 1. The first kappa shape index (κ1) is 19.0. The van der Waals surface area contributed by atoms with Crippen molar-refractivity contribution in [2.45, 2.75) is 59.6 Å². The van der Waals surface area contributed by atoms with Crippen LogP contribution in [0.4, 0.5) is 0 Å². The first-order valence-electron chi connectivity index (χ1n) is 9.05. The molecule has 0 unspecified atom stereocenters. The van der Waals surface area contributed by atoms with Gasteiger partial charge in [0.05, 0.1) is 6.04 Å². The summed E-state index contributed by atoms with van der Waals surface area (Å²) in [6.07, 6.45) is 0.987. The lowest BCUT2D eigenvalue weighted by molar-refractivity contribution is -0.128. The van der Waals surface area contributed by atoms with Gasteiger partial charge in [0.25, 0.3) is 5.91 Å². The molecule has 0 saturated carbocycles. The van der Waals surface area contributed by atoms with E-state index in [1.165, 1.54) is 16.7 Å². The first-order valence-corrected chi connectivity index (χ1v) is 9.05. The topological polar surface area (TPSA) is 38.3 Å². The monoisotopic (exact) mass is 339 g/mol. The molecule has 3 heteroatoms. The average molecular weight is 339 g/mol. The molecule has 0 spiro atoms. The number of aryl methyl sites for hydroxylation is 3. The van der Waals surface area contributed by atoms with E-state index in [0.717, 1.165) is 17.7 Å². The van der Waals surface area contributed by atoms with Crippen LogP contribution < -0.4 is 10.1 Å². The van der Waals surface area contributed by atoms with Gasteiger partial charge in [-0.05, 0) is 62.4 Å². The van der Waals surface area contributed by atoms with Gasteiger partial charge in [0.1, 0.15) is 5.75 Å². The molecule has 0 aromatic heterocycles. The highest BCUT2D eigenvalue weighted by Gasteiger charge is 2.22. The van der Waals surface area contributed by atoms with Gasteiger partial charge in [-0.1, -0.05) is 49.7 Å². The minimum Gasteiger partial charge on any atom is -0.481 e. The number of benzene rings is 2. The summed E-state index contributed by atoms with van der Waals surface area (Å²) in [7, 11) is 0. The van der Waals surface area contributed by atoms with E-state index in [2.05, 4.69) is 44.3 Å². The molecule has 0 fully saturated rings. The maximum absolute atomic E-state index is 12.7. The summed E-state index contributed by atoms with van der Waals surface area (Å²) in [4.78, 5) is 12.7. The molecule has 2 rings (SSSR count). The van der Waals surface area contributed by atoms with Crippen molar-refractivity contribution in [3.8, 4) is 5.75 Å². The lowest BCUT2D eigenvalue weighted by Crippen LogP contribution is -2.40. The highest BCUT2D eigenvalue weighted by atomic mass is 16.5. The second-order valence-electron chi connectivity index (χ2n) is 6.66. The van der Waals surface area contributed by atoms with Crippen molar-refractivity contribution >= 4 is 5.91 Å². The number of hydrogen-bond acceptors (Lipinski definition) is 2. The Kier molecular flexibility index (Phi) is 6.63. The molecule has 3 nitrogen and oxygen atoms in total. The third kappa shape index (κ3) is 5.09. The smallest absolute Gasteiger partial charge is 0.261 e. The van der Waals surface area contributed by atoms with Crippen molar-refractivity contribution in [2.24, 2.45) is 0 Å². The molecule has 0 heterocycles. The van der Waals surface area contributed by atoms with Gasteiger partial charge in [-0.15, -0.1) is 0 Å².